The predicted molar refractivity (Wildman–Crippen MR) is 44.5 cm³/mol. The van der Waals surface area contributed by atoms with Gasteiger partial charge in [0, 0.05) is 15.5 Å². The molecule has 0 atom stereocenters. The van der Waals surface area contributed by atoms with Gasteiger partial charge in [-0.05, 0) is 0 Å². The molecular weight excluding hydrogens is 154 g/mol. The second-order valence-corrected chi connectivity index (χ2v) is 5.56. The highest BCUT2D eigenvalue weighted by Gasteiger charge is 2.12. The zero-order valence-corrected chi connectivity index (χ0v) is 7.44. The lowest BCUT2D eigenvalue weighted by Gasteiger charge is -2.13. The Bertz CT molecular complexity index is 108. The third-order valence-corrected chi connectivity index (χ3v) is 3.36. The SMILES string of the molecule is CC(C)(C)SSC(N)=O. The number of carbonyl (C=O) groups is 1. The van der Waals surface area contributed by atoms with Crippen molar-refractivity contribution >= 4 is 26.8 Å². The Morgan fingerprint density at radius 1 is 1.44 bits per heavy atom. The molecule has 0 spiro atoms. The van der Waals surface area contributed by atoms with Gasteiger partial charge in [-0.15, -0.1) is 0 Å². The van der Waals surface area contributed by atoms with E-state index in [9.17, 15) is 4.79 Å². The van der Waals surface area contributed by atoms with Crippen molar-refractivity contribution in [2.45, 2.75) is 25.5 Å². The molecule has 54 valence electrons. The number of hydrogen-bond donors (Lipinski definition) is 1. The summed E-state index contributed by atoms with van der Waals surface area (Å²) in [6.45, 7) is 6.11. The van der Waals surface area contributed by atoms with Crippen LogP contribution in [0.1, 0.15) is 20.8 Å². The second-order valence-electron chi connectivity index (χ2n) is 2.60. The van der Waals surface area contributed by atoms with Gasteiger partial charge in [0.2, 0.25) is 0 Å². The van der Waals surface area contributed by atoms with Crippen molar-refractivity contribution in [2.24, 2.45) is 5.73 Å². The molecule has 0 fully saturated rings. The zero-order chi connectivity index (χ0) is 7.49. The molecule has 0 aromatic rings. The second kappa shape index (κ2) is 3.37. The van der Waals surface area contributed by atoms with Crippen LogP contribution in [0.25, 0.3) is 0 Å². The minimum atomic E-state index is -0.324. The average Bonchev–Trinajstić information content (AvgIpc) is 1.59. The van der Waals surface area contributed by atoms with Gasteiger partial charge in [-0.25, -0.2) is 0 Å². The summed E-state index contributed by atoms with van der Waals surface area (Å²) in [4.78, 5) is 10.2. The standard InChI is InChI=1S/C5H11NOS2/c1-5(2,3)9-8-4(6)7/h1-3H3,(H2,6,7). The summed E-state index contributed by atoms with van der Waals surface area (Å²) in [5.74, 6) is 0. The number of amides is 1. The molecule has 0 aliphatic rings. The van der Waals surface area contributed by atoms with Crippen molar-refractivity contribution in [3.8, 4) is 0 Å². The van der Waals surface area contributed by atoms with Gasteiger partial charge in [-0.1, -0.05) is 31.6 Å². The third-order valence-electron chi connectivity index (χ3n) is 0.374. The molecule has 0 unspecified atom stereocenters. The highest BCUT2D eigenvalue weighted by atomic mass is 33.1. The van der Waals surface area contributed by atoms with Crippen LogP contribution >= 0.6 is 21.6 Å². The van der Waals surface area contributed by atoms with Gasteiger partial charge in [0.1, 0.15) is 0 Å². The van der Waals surface area contributed by atoms with E-state index in [0.717, 1.165) is 10.8 Å². The normalized spacial score (nSPS) is 11.4. The molecule has 0 aliphatic carbocycles. The molecule has 2 N–H and O–H groups in total. The molecule has 0 heterocycles. The Hall–Kier alpha value is 0.170. The van der Waals surface area contributed by atoms with Gasteiger partial charge >= 0.3 is 0 Å². The van der Waals surface area contributed by atoms with Gasteiger partial charge in [-0.2, -0.15) is 0 Å². The third kappa shape index (κ3) is 8.17. The van der Waals surface area contributed by atoms with Crippen molar-refractivity contribution in [2.75, 3.05) is 0 Å². The first-order valence-electron chi connectivity index (χ1n) is 2.57. The molecule has 0 aromatic carbocycles. The maximum Gasteiger partial charge on any atom is 0.287 e. The highest BCUT2D eigenvalue weighted by Crippen LogP contribution is 2.34. The van der Waals surface area contributed by atoms with E-state index in [1.807, 2.05) is 20.8 Å². The van der Waals surface area contributed by atoms with E-state index in [1.165, 1.54) is 10.8 Å². The Balaban J connectivity index is 3.39. The number of hydrogen-bond acceptors (Lipinski definition) is 3. The smallest absolute Gasteiger partial charge is 0.287 e. The fourth-order valence-electron chi connectivity index (χ4n) is 0.166. The molecule has 0 aromatic heterocycles. The number of nitrogens with two attached hydrogens (primary N) is 1. The highest BCUT2D eigenvalue weighted by molar-refractivity contribution is 8.82. The van der Waals surface area contributed by atoms with Crippen LogP contribution in [0.2, 0.25) is 0 Å². The molecular formula is C5H11NOS2. The van der Waals surface area contributed by atoms with Gasteiger partial charge in [-0.3, -0.25) is 4.79 Å². The average molecular weight is 165 g/mol. The summed E-state index contributed by atoms with van der Waals surface area (Å²) in [5, 5.41) is -0.324. The Morgan fingerprint density at radius 3 is 2.00 bits per heavy atom. The summed E-state index contributed by atoms with van der Waals surface area (Å²) >= 11 is 0. The van der Waals surface area contributed by atoms with Crippen molar-refractivity contribution in [3.63, 3.8) is 0 Å². The van der Waals surface area contributed by atoms with Crippen LogP contribution in [0.4, 0.5) is 4.79 Å². The molecule has 4 heteroatoms. The summed E-state index contributed by atoms with van der Waals surface area (Å²) in [6.07, 6.45) is 0. The van der Waals surface area contributed by atoms with Crippen LogP contribution in [0.15, 0.2) is 0 Å². The number of carbonyl (C=O) groups excluding carboxylic acids is 1. The maximum atomic E-state index is 10.2. The quantitative estimate of drug-likeness (QED) is 0.606. The minimum Gasteiger partial charge on any atom is -0.360 e. The lowest BCUT2D eigenvalue weighted by Crippen LogP contribution is -2.08. The molecule has 0 radical (unpaired) electrons. The molecule has 2 nitrogen and oxygen atoms in total. The van der Waals surface area contributed by atoms with E-state index in [2.05, 4.69) is 0 Å². The summed E-state index contributed by atoms with van der Waals surface area (Å²) in [6, 6.07) is 0. The fourth-order valence-corrected chi connectivity index (χ4v) is 1.49. The van der Waals surface area contributed by atoms with Crippen LogP contribution in [0, 0.1) is 0 Å². The number of rotatable bonds is 1. The molecule has 0 saturated carbocycles. The molecule has 9 heavy (non-hydrogen) atoms. The monoisotopic (exact) mass is 165 g/mol. The van der Waals surface area contributed by atoms with Crippen LogP contribution in [0.5, 0.6) is 0 Å². The molecule has 1 amide bonds. The van der Waals surface area contributed by atoms with Crippen molar-refractivity contribution in [1.29, 1.82) is 0 Å². The van der Waals surface area contributed by atoms with E-state index in [4.69, 9.17) is 5.73 Å². The van der Waals surface area contributed by atoms with Crippen molar-refractivity contribution < 1.29 is 4.79 Å². The van der Waals surface area contributed by atoms with E-state index >= 15 is 0 Å². The fraction of sp³-hybridized carbons (Fsp3) is 0.800. The summed E-state index contributed by atoms with van der Waals surface area (Å²) in [7, 11) is 2.58. The van der Waals surface area contributed by atoms with Crippen LogP contribution < -0.4 is 5.73 Å². The first-order valence-corrected chi connectivity index (χ1v) is 4.72. The Morgan fingerprint density at radius 2 is 1.89 bits per heavy atom. The van der Waals surface area contributed by atoms with E-state index < -0.39 is 0 Å². The van der Waals surface area contributed by atoms with Gasteiger partial charge in [0.25, 0.3) is 5.24 Å². The topological polar surface area (TPSA) is 43.1 Å². The van der Waals surface area contributed by atoms with Crippen LogP contribution in [0.3, 0.4) is 0 Å². The maximum absolute atomic E-state index is 10.2. The lowest BCUT2D eigenvalue weighted by atomic mass is 10.3. The minimum absolute atomic E-state index is 0.111. The Labute approximate surface area is 63.3 Å². The molecule has 0 saturated heterocycles. The van der Waals surface area contributed by atoms with E-state index in [1.54, 1.807) is 0 Å². The molecule has 0 rings (SSSR count). The van der Waals surface area contributed by atoms with Gasteiger partial charge in [0.15, 0.2) is 0 Å². The van der Waals surface area contributed by atoms with Crippen LogP contribution in [-0.4, -0.2) is 9.99 Å². The lowest BCUT2D eigenvalue weighted by molar-refractivity contribution is 0.267. The Kier molecular flexibility index (Phi) is 3.43. The molecule has 0 aliphatic heterocycles. The van der Waals surface area contributed by atoms with Crippen LogP contribution in [-0.2, 0) is 0 Å². The summed E-state index contributed by atoms with van der Waals surface area (Å²) < 4.78 is 0.111. The largest absolute Gasteiger partial charge is 0.360 e. The van der Waals surface area contributed by atoms with Crippen molar-refractivity contribution in [1.82, 2.24) is 0 Å². The predicted octanol–water partition coefficient (Wildman–Crippen LogP) is 2.25. The number of primary amides is 1. The van der Waals surface area contributed by atoms with Crippen molar-refractivity contribution in [3.05, 3.63) is 0 Å². The molecule has 0 bridgehead atoms. The first kappa shape index (κ1) is 9.17. The van der Waals surface area contributed by atoms with Gasteiger partial charge < -0.3 is 5.73 Å². The van der Waals surface area contributed by atoms with E-state index in [0.29, 0.717) is 0 Å². The van der Waals surface area contributed by atoms with Gasteiger partial charge in [0.05, 0.1) is 0 Å². The van der Waals surface area contributed by atoms with E-state index in [-0.39, 0.29) is 9.99 Å². The zero-order valence-electron chi connectivity index (χ0n) is 5.80. The summed E-state index contributed by atoms with van der Waals surface area (Å²) in [5.41, 5.74) is 4.90. The first-order chi connectivity index (χ1) is 3.92.